The Labute approximate surface area is 156 Å². The quantitative estimate of drug-likeness (QED) is 0.792. The summed E-state index contributed by atoms with van der Waals surface area (Å²) in [5.74, 6) is -0.816. The zero-order chi connectivity index (χ0) is 19.4. The molecule has 2 aromatic rings. The van der Waals surface area contributed by atoms with Crippen LogP contribution in [0.2, 0.25) is 0 Å². The van der Waals surface area contributed by atoms with Gasteiger partial charge >= 0.3 is 0 Å². The van der Waals surface area contributed by atoms with Gasteiger partial charge < -0.3 is 20.0 Å². The highest BCUT2D eigenvalue weighted by atomic mass is 16.3. The number of likely N-dealkylation sites (N-methyl/N-ethyl adjacent to an activating group) is 1. The molecule has 0 radical (unpaired) electrons. The number of carbonyl (C=O) groups excluding carboxylic acids is 3. The number of rotatable bonds is 5. The van der Waals surface area contributed by atoms with Crippen molar-refractivity contribution in [3.63, 3.8) is 0 Å². The number of aromatic nitrogens is 2. The van der Waals surface area contributed by atoms with Gasteiger partial charge in [-0.2, -0.15) is 0 Å². The molecule has 2 aromatic heterocycles. The summed E-state index contributed by atoms with van der Waals surface area (Å²) in [5.41, 5.74) is 0.923. The number of hydrogen-bond donors (Lipinski definition) is 2. The Morgan fingerprint density at radius 1 is 1.37 bits per heavy atom. The highest BCUT2D eigenvalue weighted by molar-refractivity contribution is 5.97. The van der Waals surface area contributed by atoms with Crippen LogP contribution in [0.25, 0.3) is 0 Å². The van der Waals surface area contributed by atoms with Gasteiger partial charge in [0.25, 0.3) is 11.8 Å². The van der Waals surface area contributed by atoms with Crippen molar-refractivity contribution in [1.82, 2.24) is 25.5 Å². The normalized spacial score (nSPS) is 19.0. The van der Waals surface area contributed by atoms with E-state index in [4.69, 9.17) is 4.42 Å². The van der Waals surface area contributed by atoms with E-state index in [9.17, 15) is 14.4 Å². The third-order valence-electron chi connectivity index (χ3n) is 4.44. The zero-order valence-electron chi connectivity index (χ0n) is 15.1. The van der Waals surface area contributed by atoms with E-state index in [1.807, 2.05) is 6.92 Å². The predicted molar refractivity (Wildman–Crippen MR) is 94.9 cm³/mol. The summed E-state index contributed by atoms with van der Waals surface area (Å²) < 4.78 is 5.17. The second kappa shape index (κ2) is 7.98. The van der Waals surface area contributed by atoms with Gasteiger partial charge in [-0.15, -0.1) is 0 Å². The fourth-order valence-corrected chi connectivity index (χ4v) is 3.12. The molecule has 0 aliphatic carbocycles. The molecule has 1 fully saturated rings. The Morgan fingerprint density at radius 2 is 2.19 bits per heavy atom. The number of likely N-dealkylation sites (tertiary alicyclic amines) is 1. The number of amides is 3. The van der Waals surface area contributed by atoms with Crippen LogP contribution in [0.15, 0.2) is 35.3 Å². The van der Waals surface area contributed by atoms with Crippen LogP contribution in [-0.4, -0.2) is 57.8 Å². The molecule has 0 saturated carbocycles. The average Bonchev–Trinajstić information content (AvgIpc) is 3.31. The van der Waals surface area contributed by atoms with Crippen LogP contribution in [0.1, 0.15) is 40.0 Å². The van der Waals surface area contributed by atoms with E-state index in [1.54, 1.807) is 19.1 Å². The summed E-state index contributed by atoms with van der Waals surface area (Å²) in [6.07, 6.45) is 4.54. The van der Waals surface area contributed by atoms with Gasteiger partial charge in [-0.1, -0.05) is 0 Å². The van der Waals surface area contributed by atoms with Crippen molar-refractivity contribution in [3.05, 3.63) is 47.9 Å². The molecule has 0 bridgehead atoms. The Hall–Kier alpha value is -3.23. The van der Waals surface area contributed by atoms with Gasteiger partial charge in [-0.25, -0.2) is 9.97 Å². The van der Waals surface area contributed by atoms with Crippen LogP contribution in [0.5, 0.6) is 0 Å². The van der Waals surface area contributed by atoms with Crippen LogP contribution in [0.3, 0.4) is 0 Å². The van der Waals surface area contributed by atoms with Crippen LogP contribution >= 0.6 is 0 Å². The van der Waals surface area contributed by atoms with Crippen molar-refractivity contribution in [2.45, 2.75) is 32.4 Å². The van der Waals surface area contributed by atoms with E-state index in [0.717, 1.165) is 0 Å². The molecule has 0 aromatic carbocycles. The van der Waals surface area contributed by atoms with Crippen LogP contribution < -0.4 is 10.6 Å². The standard InChI is InChI=1S/C18H21N5O4/c1-3-20-17(25)14-7-12(9-23(14)18(26)15-5-4-6-27-15)22-16(24)13-8-19-10-21-11(13)2/h4-6,8,10,12,14H,3,7,9H2,1-2H3,(H,20,25)(H,22,24)/t12-,14-/m0/s1. The van der Waals surface area contributed by atoms with Crippen molar-refractivity contribution in [2.75, 3.05) is 13.1 Å². The number of hydrogen-bond acceptors (Lipinski definition) is 6. The maximum Gasteiger partial charge on any atom is 0.290 e. The molecule has 9 nitrogen and oxygen atoms in total. The van der Waals surface area contributed by atoms with E-state index in [2.05, 4.69) is 20.6 Å². The number of furan rings is 1. The molecule has 1 saturated heterocycles. The van der Waals surface area contributed by atoms with Gasteiger partial charge in [0.1, 0.15) is 12.4 Å². The lowest BCUT2D eigenvalue weighted by atomic mass is 10.1. The molecule has 2 N–H and O–H groups in total. The van der Waals surface area contributed by atoms with Crippen molar-refractivity contribution in [3.8, 4) is 0 Å². The van der Waals surface area contributed by atoms with Crippen molar-refractivity contribution >= 4 is 17.7 Å². The molecular weight excluding hydrogens is 350 g/mol. The largest absolute Gasteiger partial charge is 0.459 e. The van der Waals surface area contributed by atoms with Gasteiger partial charge in [-0.05, 0) is 32.4 Å². The summed E-state index contributed by atoms with van der Waals surface area (Å²) >= 11 is 0. The highest BCUT2D eigenvalue weighted by Crippen LogP contribution is 2.22. The molecule has 0 unspecified atom stereocenters. The SMILES string of the molecule is CCNC(=O)[C@@H]1C[C@H](NC(=O)c2cncnc2C)CN1C(=O)c1ccco1. The van der Waals surface area contributed by atoms with Gasteiger partial charge in [0, 0.05) is 25.3 Å². The zero-order valence-corrected chi connectivity index (χ0v) is 15.1. The molecule has 1 aliphatic rings. The Bertz CT molecular complexity index is 836. The lowest BCUT2D eigenvalue weighted by molar-refractivity contribution is -0.124. The first kappa shape index (κ1) is 18.6. The minimum absolute atomic E-state index is 0.156. The first-order valence-corrected chi connectivity index (χ1v) is 8.71. The topological polar surface area (TPSA) is 117 Å². The third kappa shape index (κ3) is 3.97. The summed E-state index contributed by atoms with van der Waals surface area (Å²) in [6.45, 7) is 4.19. The summed E-state index contributed by atoms with van der Waals surface area (Å²) in [4.78, 5) is 46.9. The highest BCUT2D eigenvalue weighted by Gasteiger charge is 2.41. The number of nitrogens with zero attached hydrogens (tertiary/aromatic N) is 3. The minimum atomic E-state index is -0.680. The molecule has 9 heteroatoms. The van der Waals surface area contributed by atoms with Crippen LogP contribution in [-0.2, 0) is 4.79 Å². The van der Waals surface area contributed by atoms with Crippen molar-refractivity contribution < 1.29 is 18.8 Å². The lowest BCUT2D eigenvalue weighted by Gasteiger charge is -2.22. The number of nitrogens with one attached hydrogen (secondary N) is 2. The predicted octanol–water partition coefficient (Wildman–Crippen LogP) is 0.527. The molecule has 142 valence electrons. The summed E-state index contributed by atoms with van der Waals surface area (Å²) in [5, 5.41) is 5.61. The van der Waals surface area contributed by atoms with E-state index < -0.39 is 6.04 Å². The molecule has 2 atom stereocenters. The molecular formula is C18H21N5O4. The molecule has 3 rings (SSSR count). The van der Waals surface area contributed by atoms with Crippen molar-refractivity contribution in [2.24, 2.45) is 0 Å². The van der Waals surface area contributed by atoms with E-state index >= 15 is 0 Å². The first-order chi connectivity index (χ1) is 13.0. The van der Waals surface area contributed by atoms with Crippen LogP contribution in [0, 0.1) is 6.92 Å². The smallest absolute Gasteiger partial charge is 0.290 e. The van der Waals surface area contributed by atoms with Gasteiger partial charge in [0.15, 0.2) is 5.76 Å². The minimum Gasteiger partial charge on any atom is -0.459 e. The van der Waals surface area contributed by atoms with Crippen LogP contribution in [0.4, 0.5) is 0 Å². The molecule has 3 amide bonds. The van der Waals surface area contributed by atoms with E-state index in [1.165, 1.54) is 23.7 Å². The Morgan fingerprint density at radius 3 is 2.85 bits per heavy atom. The maximum atomic E-state index is 12.7. The second-order valence-corrected chi connectivity index (χ2v) is 6.27. The monoisotopic (exact) mass is 371 g/mol. The maximum absolute atomic E-state index is 12.7. The van der Waals surface area contributed by atoms with Gasteiger partial charge in [0.2, 0.25) is 5.91 Å². The van der Waals surface area contributed by atoms with Gasteiger partial charge in [-0.3, -0.25) is 14.4 Å². The lowest BCUT2D eigenvalue weighted by Crippen LogP contribution is -2.45. The Balaban J connectivity index is 1.76. The first-order valence-electron chi connectivity index (χ1n) is 8.71. The summed E-state index contributed by atoms with van der Waals surface area (Å²) in [7, 11) is 0. The van der Waals surface area contributed by atoms with Crippen molar-refractivity contribution in [1.29, 1.82) is 0 Å². The Kier molecular flexibility index (Phi) is 5.49. The molecule has 1 aliphatic heterocycles. The fourth-order valence-electron chi connectivity index (χ4n) is 3.12. The number of aryl methyl sites for hydroxylation is 1. The van der Waals surface area contributed by atoms with Gasteiger partial charge in [0.05, 0.1) is 17.5 Å². The molecule has 0 spiro atoms. The van der Waals surface area contributed by atoms with E-state index in [-0.39, 0.29) is 36.1 Å². The second-order valence-electron chi connectivity index (χ2n) is 6.27. The number of carbonyl (C=O) groups is 3. The average molecular weight is 371 g/mol. The third-order valence-corrected chi connectivity index (χ3v) is 4.44. The van der Waals surface area contributed by atoms with E-state index in [0.29, 0.717) is 24.2 Å². The molecule has 3 heterocycles. The molecule has 27 heavy (non-hydrogen) atoms. The fraction of sp³-hybridized carbons (Fsp3) is 0.389. The summed E-state index contributed by atoms with van der Waals surface area (Å²) in [6, 6.07) is 2.11.